The van der Waals surface area contributed by atoms with Crippen molar-refractivity contribution in [2.75, 3.05) is 4.90 Å². The molecule has 0 fully saturated rings. The molecule has 1 aliphatic rings. The van der Waals surface area contributed by atoms with Crippen LogP contribution in [0.2, 0.25) is 0 Å². The van der Waals surface area contributed by atoms with Crippen molar-refractivity contribution < 1.29 is 14.3 Å². The Labute approximate surface area is 152 Å². The molecular formula is C18H14BrN3O3. The van der Waals surface area contributed by atoms with Gasteiger partial charge in [0.05, 0.1) is 18.0 Å². The van der Waals surface area contributed by atoms with Gasteiger partial charge in [0.1, 0.15) is 11.5 Å². The van der Waals surface area contributed by atoms with Crippen LogP contribution in [-0.2, 0) is 4.74 Å². The second-order valence-corrected chi connectivity index (χ2v) is 6.31. The molecule has 0 aliphatic carbocycles. The number of nitrogens with two attached hydrogens (primary N) is 1. The summed E-state index contributed by atoms with van der Waals surface area (Å²) in [4.78, 5) is 5.61. The van der Waals surface area contributed by atoms with Gasteiger partial charge >= 0.3 is 0 Å². The van der Waals surface area contributed by atoms with Crippen molar-refractivity contribution in [2.45, 2.75) is 6.35 Å². The topological polar surface area (TPSA) is 84.8 Å². The van der Waals surface area contributed by atoms with E-state index in [9.17, 15) is 5.11 Å². The van der Waals surface area contributed by atoms with Gasteiger partial charge in [-0.15, -0.1) is 0 Å². The standard InChI is InChI=1S/C18H14BrN3O3/c19-14-4-2-1-3-12(14)17-9-22(18(20)25-17)11-5-6-13(15(23)7-11)16-8-21-10-24-16/h1-10,18,23H,20H2. The van der Waals surface area contributed by atoms with E-state index in [0.29, 0.717) is 22.8 Å². The SMILES string of the molecule is NC1OC(c2ccccc2Br)=CN1c1ccc(-c2cnco2)c(O)c1. The first kappa shape index (κ1) is 15.7. The summed E-state index contributed by atoms with van der Waals surface area (Å²) < 4.78 is 11.9. The number of hydrogen-bond acceptors (Lipinski definition) is 6. The monoisotopic (exact) mass is 399 g/mol. The van der Waals surface area contributed by atoms with Crippen LogP contribution in [0.25, 0.3) is 17.1 Å². The van der Waals surface area contributed by atoms with Gasteiger partial charge in [-0.2, -0.15) is 0 Å². The van der Waals surface area contributed by atoms with Crippen molar-refractivity contribution in [1.29, 1.82) is 0 Å². The van der Waals surface area contributed by atoms with Crippen LogP contribution in [0.3, 0.4) is 0 Å². The van der Waals surface area contributed by atoms with Crippen LogP contribution >= 0.6 is 15.9 Å². The van der Waals surface area contributed by atoms with Crippen molar-refractivity contribution in [3.8, 4) is 17.1 Å². The number of phenolic OH excluding ortho intramolecular Hbond substituents is 1. The van der Waals surface area contributed by atoms with Gasteiger partial charge in [0, 0.05) is 21.8 Å². The summed E-state index contributed by atoms with van der Waals surface area (Å²) in [7, 11) is 0. The number of aromatic nitrogens is 1. The smallest absolute Gasteiger partial charge is 0.231 e. The van der Waals surface area contributed by atoms with Crippen LogP contribution in [0.15, 0.2) is 70.1 Å². The molecule has 4 rings (SSSR count). The van der Waals surface area contributed by atoms with Crippen LogP contribution in [0.5, 0.6) is 5.75 Å². The summed E-state index contributed by atoms with van der Waals surface area (Å²) in [5, 5.41) is 10.3. The zero-order valence-corrected chi connectivity index (χ0v) is 14.6. The van der Waals surface area contributed by atoms with Gasteiger partial charge in [0.2, 0.25) is 6.35 Å². The Morgan fingerprint density at radius 1 is 1.16 bits per heavy atom. The quantitative estimate of drug-likeness (QED) is 0.694. The normalized spacial score (nSPS) is 16.6. The van der Waals surface area contributed by atoms with E-state index in [0.717, 1.165) is 10.0 Å². The summed E-state index contributed by atoms with van der Waals surface area (Å²) in [6.45, 7) is 0. The largest absolute Gasteiger partial charge is 0.507 e. The Morgan fingerprint density at radius 2 is 2.00 bits per heavy atom. The molecule has 6 nitrogen and oxygen atoms in total. The molecule has 7 heteroatoms. The van der Waals surface area contributed by atoms with E-state index >= 15 is 0 Å². The average Bonchev–Trinajstić information content (AvgIpc) is 3.25. The number of rotatable bonds is 3. The third kappa shape index (κ3) is 2.88. The minimum Gasteiger partial charge on any atom is -0.507 e. The number of ether oxygens (including phenoxy) is 1. The zero-order chi connectivity index (χ0) is 17.4. The van der Waals surface area contributed by atoms with Crippen LogP contribution in [0, 0.1) is 0 Å². The fourth-order valence-electron chi connectivity index (χ4n) is 2.67. The van der Waals surface area contributed by atoms with Gasteiger partial charge in [-0.1, -0.05) is 34.1 Å². The second-order valence-electron chi connectivity index (χ2n) is 5.46. The molecule has 3 N–H and O–H groups in total. The van der Waals surface area contributed by atoms with Crippen molar-refractivity contribution in [3.05, 3.63) is 71.3 Å². The highest BCUT2D eigenvalue weighted by Gasteiger charge is 2.26. The predicted octanol–water partition coefficient (Wildman–Crippen LogP) is 3.89. The van der Waals surface area contributed by atoms with Crippen molar-refractivity contribution in [1.82, 2.24) is 4.98 Å². The Kier molecular flexibility index (Phi) is 3.95. The number of oxazole rings is 1. The molecule has 0 bridgehead atoms. The third-order valence-corrected chi connectivity index (χ3v) is 4.59. The number of benzene rings is 2. The van der Waals surface area contributed by atoms with Gasteiger partial charge in [-0.05, 0) is 18.2 Å². The minimum atomic E-state index is -0.683. The molecule has 1 unspecified atom stereocenters. The summed E-state index contributed by atoms with van der Waals surface area (Å²) in [5.41, 5.74) is 8.27. The number of hydrogen-bond donors (Lipinski definition) is 2. The third-order valence-electron chi connectivity index (χ3n) is 3.89. The Bertz CT molecular complexity index is 940. The number of anilines is 1. The van der Waals surface area contributed by atoms with Gasteiger partial charge in [-0.3, -0.25) is 10.6 Å². The predicted molar refractivity (Wildman–Crippen MR) is 97.3 cm³/mol. The Hall–Kier alpha value is -2.77. The molecule has 2 aromatic carbocycles. The first-order valence-electron chi connectivity index (χ1n) is 7.52. The molecule has 1 aliphatic heterocycles. The fourth-order valence-corrected chi connectivity index (χ4v) is 3.15. The summed E-state index contributed by atoms with van der Waals surface area (Å²) in [6, 6.07) is 12.9. The number of phenols is 1. The molecular weight excluding hydrogens is 386 g/mol. The molecule has 126 valence electrons. The molecule has 0 radical (unpaired) electrons. The van der Waals surface area contributed by atoms with E-state index < -0.39 is 6.35 Å². The van der Waals surface area contributed by atoms with E-state index in [-0.39, 0.29) is 5.75 Å². The van der Waals surface area contributed by atoms with E-state index in [2.05, 4.69) is 20.9 Å². The molecule has 0 amide bonds. The van der Waals surface area contributed by atoms with Crippen LogP contribution in [0.1, 0.15) is 5.56 Å². The summed E-state index contributed by atoms with van der Waals surface area (Å²) >= 11 is 3.51. The molecule has 1 aromatic heterocycles. The Morgan fingerprint density at radius 3 is 2.72 bits per heavy atom. The maximum Gasteiger partial charge on any atom is 0.231 e. The van der Waals surface area contributed by atoms with E-state index in [1.807, 2.05) is 36.5 Å². The molecule has 3 aromatic rings. The molecule has 0 spiro atoms. The van der Waals surface area contributed by atoms with Crippen LogP contribution in [-0.4, -0.2) is 16.4 Å². The van der Waals surface area contributed by atoms with Crippen molar-refractivity contribution in [3.63, 3.8) is 0 Å². The van der Waals surface area contributed by atoms with E-state index in [4.69, 9.17) is 14.9 Å². The van der Waals surface area contributed by atoms with Crippen molar-refractivity contribution in [2.24, 2.45) is 5.73 Å². The fraction of sp³-hybridized carbons (Fsp3) is 0.0556. The lowest BCUT2D eigenvalue weighted by Gasteiger charge is -2.20. The number of aromatic hydroxyl groups is 1. The first-order chi connectivity index (χ1) is 12.1. The lowest BCUT2D eigenvalue weighted by molar-refractivity contribution is 0.199. The zero-order valence-electron chi connectivity index (χ0n) is 13.0. The maximum atomic E-state index is 10.3. The highest BCUT2D eigenvalue weighted by Crippen LogP contribution is 2.37. The highest BCUT2D eigenvalue weighted by molar-refractivity contribution is 9.10. The molecule has 1 atom stereocenters. The van der Waals surface area contributed by atoms with Crippen LogP contribution < -0.4 is 10.6 Å². The molecule has 0 saturated carbocycles. The van der Waals surface area contributed by atoms with Gasteiger partial charge in [-0.25, -0.2) is 4.98 Å². The average molecular weight is 400 g/mol. The number of halogens is 1. The second kappa shape index (κ2) is 6.27. The lowest BCUT2D eigenvalue weighted by Crippen LogP contribution is -2.36. The van der Waals surface area contributed by atoms with Gasteiger partial charge in [0.15, 0.2) is 12.2 Å². The summed E-state index contributed by atoms with van der Waals surface area (Å²) in [6.07, 6.45) is 4.00. The van der Waals surface area contributed by atoms with Gasteiger partial charge in [0.25, 0.3) is 0 Å². The first-order valence-corrected chi connectivity index (χ1v) is 8.32. The highest BCUT2D eigenvalue weighted by atomic mass is 79.9. The van der Waals surface area contributed by atoms with E-state index in [1.165, 1.54) is 6.39 Å². The maximum absolute atomic E-state index is 10.3. The van der Waals surface area contributed by atoms with Crippen molar-refractivity contribution >= 4 is 27.4 Å². The summed E-state index contributed by atoms with van der Waals surface area (Å²) in [5.74, 6) is 1.22. The molecule has 2 heterocycles. The Balaban J connectivity index is 1.68. The minimum absolute atomic E-state index is 0.0733. The van der Waals surface area contributed by atoms with E-state index in [1.54, 1.807) is 23.2 Å². The lowest BCUT2D eigenvalue weighted by atomic mass is 10.1. The molecule has 25 heavy (non-hydrogen) atoms. The molecule has 0 saturated heterocycles. The van der Waals surface area contributed by atoms with Crippen LogP contribution in [0.4, 0.5) is 5.69 Å². The van der Waals surface area contributed by atoms with Gasteiger partial charge < -0.3 is 14.3 Å². The number of nitrogens with zero attached hydrogens (tertiary/aromatic N) is 2.